The summed E-state index contributed by atoms with van der Waals surface area (Å²) in [4.78, 5) is 27.4. The number of rotatable bonds is 7. The Bertz CT molecular complexity index is 800. The zero-order chi connectivity index (χ0) is 19.2. The monoisotopic (exact) mass is 367 g/mol. The number of ether oxygens (including phenoxy) is 2. The number of para-hydroxylation sites is 1. The molecule has 2 aromatic rings. The number of likely N-dealkylation sites (tertiary alicyclic amines) is 1. The van der Waals surface area contributed by atoms with Crippen molar-refractivity contribution in [2.45, 2.75) is 31.7 Å². The largest absolute Gasteiger partial charge is 0.497 e. The minimum Gasteiger partial charge on any atom is -0.497 e. The molecular weight excluding hydrogens is 342 g/mol. The number of ketones is 1. The van der Waals surface area contributed by atoms with Crippen molar-refractivity contribution in [3.05, 3.63) is 59.7 Å². The number of Topliss-reactive ketones (excluding diaryl/α,β-unsaturated/α-hetero) is 1. The SMILES string of the molecule is COc1ccc(C(=O)C2CCCN2C(=O)CCc2ccccc2OC)cc1. The van der Waals surface area contributed by atoms with Crippen molar-refractivity contribution in [1.82, 2.24) is 4.90 Å². The summed E-state index contributed by atoms with van der Waals surface area (Å²) < 4.78 is 10.5. The number of amides is 1. The molecule has 1 heterocycles. The summed E-state index contributed by atoms with van der Waals surface area (Å²) in [6.07, 6.45) is 2.54. The molecule has 3 rings (SSSR count). The van der Waals surface area contributed by atoms with Crippen LogP contribution in [0.3, 0.4) is 0 Å². The number of hydrogen-bond acceptors (Lipinski definition) is 4. The van der Waals surface area contributed by atoms with E-state index in [-0.39, 0.29) is 17.7 Å². The molecule has 1 fully saturated rings. The van der Waals surface area contributed by atoms with Gasteiger partial charge in [0.1, 0.15) is 11.5 Å². The molecule has 0 saturated carbocycles. The molecule has 0 bridgehead atoms. The summed E-state index contributed by atoms with van der Waals surface area (Å²) in [5.41, 5.74) is 1.62. The van der Waals surface area contributed by atoms with Gasteiger partial charge in [-0.25, -0.2) is 0 Å². The predicted octanol–water partition coefficient (Wildman–Crippen LogP) is 3.51. The predicted molar refractivity (Wildman–Crippen MR) is 103 cm³/mol. The van der Waals surface area contributed by atoms with Gasteiger partial charge in [0.25, 0.3) is 0 Å². The van der Waals surface area contributed by atoms with Crippen LogP contribution in [0.1, 0.15) is 35.2 Å². The molecule has 1 unspecified atom stereocenters. The van der Waals surface area contributed by atoms with Crippen LogP contribution in [0, 0.1) is 0 Å². The number of carbonyl (C=O) groups excluding carboxylic acids is 2. The molecule has 1 aliphatic heterocycles. The molecular formula is C22H25NO4. The van der Waals surface area contributed by atoms with E-state index in [1.54, 1.807) is 43.4 Å². The highest BCUT2D eigenvalue weighted by atomic mass is 16.5. The molecule has 142 valence electrons. The van der Waals surface area contributed by atoms with Gasteiger partial charge in [0.15, 0.2) is 5.78 Å². The van der Waals surface area contributed by atoms with Crippen molar-refractivity contribution in [2.24, 2.45) is 0 Å². The third-order valence-electron chi connectivity index (χ3n) is 5.05. The van der Waals surface area contributed by atoms with Crippen molar-refractivity contribution >= 4 is 11.7 Å². The average molecular weight is 367 g/mol. The van der Waals surface area contributed by atoms with E-state index in [1.165, 1.54) is 0 Å². The second kappa shape index (κ2) is 8.71. The van der Waals surface area contributed by atoms with Gasteiger partial charge in [-0.1, -0.05) is 18.2 Å². The molecule has 2 aromatic carbocycles. The molecule has 1 aliphatic rings. The average Bonchev–Trinajstić information content (AvgIpc) is 3.21. The van der Waals surface area contributed by atoms with Crippen LogP contribution >= 0.6 is 0 Å². The van der Waals surface area contributed by atoms with Crippen molar-refractivity contribution in [3.8, 4) is 11.5 Å². The first-order chi connectivity index (χ1) is 13.1. The zero-order valence-corrected chi connectivity index (χ0v) is 15.8. The van der Waals surface area contributed by atoms with Crippen molar-refractivity contribution in [1.29, 1.82) is 0 Å². The number of nitrogens with zero attached hydrogens (tertiary/aromatic N) is 1. The van der Waals surface area contributed by atoms with Gasteiger partial charge in [-0.3, -0.25) is 9.59 Å². The van der Waals surface area contributed by atoms with Crippen molar-refractivity contribution in [2.75, 3.05) is 20.8 Å². The fourth-order valence-corrected chi connectivity index (χ4v) is 3.58. The first-order valence-electron chi connectivity index (χ1n) is 9.23. The lowest BCUT2D eigenvalue weighted by molar-refractivity contribution is -0.131. The second-order valence-electron chi connectivity index (χ2n) is 6.65. The number of aryl methyl sites for hydroxylation is 1. The summed E-state index contributed by atoms with van der Waals surface area (Å²) >= 11 is 0. The van der Waals surface area contributed by atoms with Crippen LogP contribution in [0.2, 0.25) is 0 Å². The normalized spacial score (nSPS) is 16.2. The molecule has 0 N–H and O–H groups in total. The molecule has 0 aromatic heterocycles. The van der Waals surface area contributed by atoms with Crippen LogP contribution in [-0.4, -0.2) is 43.4 Å². The van der Waals surface area contributed by atoms with Gasteiger partial charge in [-0.15, -0.1) is 0 Å². The van der Waals surface area contributed by atoms with Crippen molar-refractivity contribution < 1.29 is 19.1 Å². The number of carbonyl (C=O) groups is 2. The Morgan fingerprint density at radius 1 is 1.04 bits per heavy atom. The fraction of sp³-hybridized carbons (Fsp3) is 0.364. The van der Waals surface area contributed by atoms with Gasteiger partial charge < -0.3 is 14.4 Å². The Morgan fingerprint density at radius 2 is 1.78 bits per heavy atom. The maximum absolute atomic E-state index is 12.9. The van der Waals surface area contributed by atoms with E-state index in [2.05, 4.69) is 0 Å². The van der Waals surface area contributed by atoms with Gasteiger partial charge in [0, 0.05) is 18.5 Å². The third-order valence-corrected chi connectivity index (χ3v) is 5.05. The topological polar surface area (TPSA) is 55.8 Å². The number of hydrogen-bond donors (Lipinski definition) is 0. The maximum atomic E-state index is 12.9. The van der Waals surface area contributed by atoms with Crippen molar-refractivity contribution in [3.63, 3.8) is 0 Å². The van der Waals surface area contributed by atoms with E-state index in [1.807, 2.05) is 24.3 Å². The van der Waals surface area contributed by atoms with E-state index >= 15 is 0 Å². The Morgan fingerprint density at radius 3 is 2.48 bits per heavy atom. The van der Waals surface area contributed by atoms with Crippen LogP contribution in [0.4, 0.5) is 0 Å². The number of methoxy groups -OCH3 is 2. The Balaban J connectivity index is 1.66. The highest BCUT2D eigenvalue weighted by Crippen LogP contribution is 2.25. The summed E-state index contributed by atoms with van der Waals surface area (Å²) in [6, 6.07) is 14.4. The van der Waals surface area contributed by atoms with Gasteiger partial charge in [0.05, 0.1) is 20.3 Å². The van der Waals surface area contributed by atoms with Crippen LogP contribution in [0.15, 0.2) is 48.5 Å². The first-order valence-corrected chi connectivity index (χ1v) is 9.23. The van der Waals surface area contributed by atoms with E-state index in [0.29, 0.717) is 37.1 Å². The smallest absolute Gasteiger partial charge is 0.223 e. The van der Waals surface area contributed by atoms with E-state index < -0.39 is 0 Å². The molecule has 1 amide bonds. The molecule has 5 nitrogen and oxygen atoms in total. The zero-order valence-electron chi connectivity index (χ0n) is 15.8. The fourth-order valence-electron chi connectivity index (χ4n) is 3.58. The quantitative estimate of drug-likeness (QED) is 0.703. The molecule has 0 spiro atoms. The lowest BCUT2D eigenvalue weighted by Gasteiger charge is -2.24. The van der Waals surface area contributed by atoms with Gasteiger partial charge in [-0.05, 0) is 55.2 Å². The van der Waals surface area contributed by atoms with Gasteiger partial charge in [-0.2, -0.15) is 0 Å². The first kappa shape index (κ1) is 19.0. The second-order valence-corrected chi connectivity index (χ2v) is 6.65. The van der Waals surface area contributed by atoms with Crippen LogP contribution in [0.25, 0.3) is 0 Å². The van der Waals surface area contributed by atoms with Crippen LogP contribution in [0.5, 0.6) is 11.5 Å². The van der Waals surface area contributed by atoms with E-state index in [4.69, 9.17) is 9.47 Å². The molecule has 1 saturated heterocycles. The summed E-state index contributed by atoms with van der Waals surface area (Å²) in [5.74, 6) is 1.52. The Kier molecular flexibility index (Phi) is 6.12. The standard InChI is InChI=1S/C22H25NO4/c1-26-18-12-9-17(10-13-18)22(25)19-7-5-15-23(19)21(24)14-11-16-6-3-4-8-20(16)27-2/h3-4,6,8-10,12-13,19H,5,7,11,14-15H2,1-2H3. The maximum Gasteiger partial charge on any atom is 0.223 e. The summed E-state index contributed by atoms with van der Waals surface area (Å²) in [6.45, 7) is 0.636. The Hall–Kier alpha value is -2.82. The van der Waals surface area contributed by atoms with Crippen LogP contribution in [-0.2, 0) is 11.2 Å². The van der Waals surface area contributed by atoms with Crippen LogP contribution < -0.4 is 9.47 Å². The summed E-state index contributed by atoms with van der Waals surface area (Å²) in [5, 5.41) is 0. The lowest BCUT2D eigenvalue weighted by atomic mass is 10.0. The van der Waals surface area contributed by atoms with E-state index in [9.17, 15) is 9.59 Å². The van der Waals surface area contributed by atoms with Gasteiger partial charge in [0.2, 0.25) is 5.91 Å². The Labute approximate surface area is 159 Å². The molecule has 5 heteroatoms. The lowest BCUT2D eigenvalue weighted by Crippen LogP contribution is -2.40. The third kappa shape index (κ3) is 4.30. The minimum atomic E-state index is -0.372. The highest BCUT2D eigenvalue weighted by Gasteiger charge is 2.34. The molecule has 0 aliphatic carbocycles. The highest BCUT2D eigenvalue weighted by molar-refractivity contribution is 6.02. The molecule has 27 heavy (non-hydrogen) atoms. The van der Waals surface area contributed by atoms with Gasteiger partial charge >= 0.3 is 0 Å². The summed E-state index contributed by atoms with van der Waals surface area (Å²) in [7, 11) is 3.22. The van der Waals surface area contributed by atoms with E-state index in [0.717, 1.165) is 17.7 Å². The molecule has 1 atom stereocenters. The minimum absolute atomic E-state index is 0.000736. The number of benzene rings is 2. The molecule has 0 radical (unpaired) electrons.